The molecule has 1 saturated carbocycles. The Bertz CT molecular complexity index is 1250. The molecular formula is C28H36FN5O3S. The number of hydrogen-bond acceptors (Lipinski definition) is 8. The van der Waals surface area contributed by atoms with Crippen molar-refractivity contribution in [2.45, 2.75) is 64.1 Å². The molecule has 3 heterocycles. The SMILES string of the molecule is COC1CCC(Oc2cc(F)ccc2Nc2ncnc3sc(C(=O)NCCCN4CCCC4)c(C)c23)CC1. The van der Waals surface area contributed by atoms with Crippen LogP contribution in [0.25, 0.3) is 10.2 Å². The number of methoxy groups -OCH3 is 1. The highest BCUT2D eigenvalue weighted by Crippen LogP contribution is 2.37. The number of halogens is 1. The van der Waals surface area contributed by atoms with Crippen molar-refractivity contribution >= 4 is 39.0 Å². The van der Waals surface area contributed by atoms with Gasteiger partial charge in [-0.1, -0.05) is 0 Å². The Hall–Kier alpha value is -2.82. The summed E-state index contributed by atoms with van der Waals surface area (Å²) in [6.45, 7) is 5.90. The van der Waals surface area contributed by atoms with Crippen LogP contribution in [0.5, 0.6) is 5.75 Å². The van der Waals surface area contributed by atoms with Crippen molar-refractivity contribution in [3.63, 3.8) is 0 Å². The van der Waals surface area contributed by atoms with E-state index >= 15 is 0 Å². The van der Waals surface area contributed by atoms with Crippen LogP contribution in [0, 0.1) is 12.7 Å². The van der Waals surface area contributed by atoms with E-state index in [1.165, 1.54) is 42.6 Å². The minimum Gasteiger partial charge on any atom is -0.488 e. The highest BCUT2D eigenvalue weighted by atomic mass is 32.1. The standard InChI is InChI=1S/C28H36FN5O3S/c1-18-24-26(33-22-11-6-19(29)16-23(22)37-21-9-7-20(36-2)8-10-21)31-17-32-28(24)38-25(18)27(35)30-12-5-15-34-13-3-4-14-34/h6,11,16-17,20-21H,3-5,7-10,12-15H2,1-2H3,(H,30,35)(H,31,32,33). The van der Waals surface area contributed by atoms with Gasteiger partial charge >= 0.3 is 0 Å². The molecule has 1 amide bonds. The molecule has 1 saturated heterocycles. The number of anilines is 2. The summed E-state index contributed by atoms with van der Waals surface area (Å²) >= 11 is 1.36. The molecule has 0 atom stereocenters. The molecule has 3 aromatic rings. The topological polar surface area (TPSA) is 88.6 Å². The molecule has 38 heavy (non-hydrogen) atoms. The first-order valence-corrected chi connectivity index (χ1v) is 14.3. The quantitative estimate of drug-likeness (QED) is 0.331. The highest BCUT2D eigenvalue weighted by molar-refractivity contribution is 7.20. The zero-order chi connectivity index (χ0) is 26.5. The number of rotatable bonds is 10. The van der Waals surface area contributed by atoms with Gasteiger partial charge in [0.1, 0.15) is 28.5 Å². The van der Waals surface area contributed by atoms with Crippen molar-refractivity contribution in [2.24, 2.45) is 0 Å². The van der Waals surface area contributed by atoms with Crippen LogP contribution in [0.15, 0.2) is 24.5 Å². The molecule has 1 aliphatic heterocycles. The second-order valence-corrected chi connectivity index (χ2v) is 11.1. The molecule has 8 nitrogen and oxygen atoms in total. The Balaban J connectivity index is 1.30. The number of benzene rings is 1. The van der Waals surface area contributed by atoms with Crippen molar-refractivity contribution in [2.75, 3.05) is 38.6 Å². The van der Waals surface area contributed by atoms with Gasteiger partial charge in [-0.25, -0.2) is 14.4 Å². The normalized spacial score (nSPS) is 20.1. The van der Waals surface area contributed by atoms with E-state index in [1.54, 1.807) is 13.2 Å². The number of amides is 1. The summed E-state index contributed by atoms with van der Waals surface area (Å²) in [5.74, 6) is 0.563. The van der Waals surface area contributed by atoms with Crippen LogP contribution in [-0.4, -0.2) is 66.3 Å². The summed E-state index contributed by atoms with van der Waals surface area (Å²) in [6, 6.07) is 4.47. The predicted octanol–water partition coefficient (Wildman–Crippen LogP) is 5.43. The number of aromatic nitrogens is 2. The summed E-state index contributed by atoms with van der Waals surface area (Å²) in [6.07, 6.45) is 8.75. The Morgan fingerprint density at radius 1 is 1.16 bits per heavy atom. The van der Waals surface area contributed by atoms with Gasteiger partial charge in [0.25, 0.3) is 5.91 Å². The number of nitrogens with zero attached hydrogens (tertiary/aromatic N) is 3. The van der Waals surface area contributed by atoms with Crippen molar-refractivity contribution in [1.29, 1.82) is 0 Å². The fourth-order valence-electron chi connectivity index (χ4n) is 5.36. The maximum atomic E-state index is 14.2. The zero-order valence-electron chi connectivity index (χ0n) is 22.1. The number of aryl methyl sites for hydroxylation is 1. The molecule has 0 unspecified atom stereocenters. The van der Waals surface area contributed by atoms with Gasteiger partial charge in [-0.2, -0.15) is 0 Å². The van der Waals surface area contributed by atoms with Crippen LogP contribution >= 0.6 is 11.3 Å². The van der Waals surface area contributed by atoms with Gasteiger partial charge in [0, 0.05) is 19.7 Å². The Morgan fingerprint density at radius 3 is 2.68 bits per heavy atom. The first-order valence-electron chi connectivity index (χ1n) is 13.5. The summed E-state index contributed by atoms with van der Waals surface area (Å²) in [5.41, 5.74) is 1.45. The lowest BCUT2D eigenvalue weighted by Crippen LogP contribution is -2.28. The molecule has 0 spiro atoms. The number of likely N-dealkylation sites (tertiary alicyclic amines) is 1. The Labute approximate surface area is 226 Å². The summed E-state index contributed by atoms with van der Waals surface area (Å²) in [5, 5.41) is 7.19. The molecular weight excluding hydrogens is 505 g/mol. The molecule has 2 fully saturated rings. The molecule has 1 aliphatic carbocycles. The van der Waals surface area contributed by atoms with Crippen LogP contribution in [0.4, 0.5) is 15.9 Å². The molecule has 1 aromatic carbocycles. The second-order valence-electron chi connectivity index (χ2n) is 10.1. The van der Waals surface area contributed by atoms with Crippen molar-refractivity contribution in [1.82, 2.24) is 20.2 Å². The minimum atomic E-state index is -0.362. The van der Waals surface area contributed by atoms with Gasteiger partial charge in [0.15, 0.2) is 0 Å². The summed E-state index contributed by atoms with van der Waals surface area (Å²) in [4.78, 5) is 25.7. The predicted molar refractivity (Wildman–Crippen MR) is 148 cm³/mol. The minimum absolute atomic E-state index is 0.00202. The lowest BCUT2D eigenvalue weighted by Gasteiger charge is -2.28. The highest BCUT2D eigenvalue weighted by Gasteiger charge is 2.24. The van der Waals surface area contributed by atoms with Crippen LogP contribution in [0.1, 0.15) is 60.2 Å². The molecule has 2 aromatic heterocycles. The van der Waals surface area contributed by atoms with E-state index in [4.69, 9.17) is 9.47 Å². The zero-order valence-corrected chi connectivity index (χ0v) is 22.9. The fraction of sp³-hybridized carbons (Fsp3) is 0.536. The fourth-order valence-corrected chi connectivity index (χ4v) is 6.43. The molecule has 2 N–H and O–H groups in total. The average Bonchev–Trinajstić information content (AvgIpc) is 3.57. The van der Waals surface area contributed by atoms with Crippen molar-refractivity contribution in [3.8, 4) is 5.75 Å². The van der Waals surface area contributed by atoms with Crippen LogP contribution in [-0.2, 0) is 4.74 Å². The largest absolute Gasteiger partial charge is 0.488 e. The summed E-state index contributed by atoms with van der Waals surface area (Å²) < 4.78 is 25.9. The molecule has 2 aliphatic rings. The van der Waals surface area contributed by atoms with Crippen molar-refractivity contribution in [3.05, 3.63) is 40.8 Å². The number of carbonyl (C=O) groups excluding carboxylic acids is 1. The van der Waals surface area contributed by atoms with E-state index in [2.05, 4.69) is 25.5 Å². The van der Waals surface area contributed by atoms with E-state index in [9.17, 15) is 9.18 Å². The monoisotopic (exact) mass is 541 g/mol. The lowest BCUT2D eigenvalue weighted by atomic mass is 9.95. The molecule has 0 bridgehead atoms. The van der Waals surface area contributed by atoms with Crippen LogP contribution in [0.2, 0.25) is 0 Å². The number of thiophene rings is 1. The maximum absolute atomic E-state index is 14.2. The van der Waals surface area contributed by atoms with Crippen LogP contribution < -0.4 is 15.4 Å². The third kappa shape index (κ3) is 6.24. The van der Waals surface area contributed by atoms with Gasteiger partial charge in [-0.3, -0.25) is 4.79 Å². The number of ether oxygens (including phenoxy) is 2. The average molecular weight is 542 g/mol. The van der Waals surface area contributed by atoms with Gasteiger partial charge in [0.05, 0.1) is 28.2 Å². The first kappa shape index (κ1) is 26.8. The lowest BCUT2D eigenvalue weighted by molar-refractivity contribution is 0.0329. The van der Waals surface area contributed by atoms with Crippen LogP contribution in [0.3, 0.4) is 0 Å². The molecule has 10 heteroatoms. The third-order valence-corrected chi connectivity index (χ3v) is 8.71. The molecule has 5 rings (SSSR count). The summed E-state index contributed by atoms with van der Waals surface area (Å²) in [7, 11) is 1.74. The maximum Gasteiger partial charge on any atom is 0.261 e. The number of hydrogen-bond donors (Lipinski definition) is 2. The molecule has 0 radical (unpaired) electrons. The van der Waals surface area contributed by atoms with Gasteiger partial charge < -0.3 is 25.0 Å². The first-order chi connectivity index (χ1) is 18.5. The van der Waals surface area contributed by atoms with Gasteiger partial charge in [0.2, 0.25) is 0 Å². The van der Waals surface area contributed by atoms with E-state index in [-0.39, 0.29) is 23.9 Å². The van der Waals surface area contributed by atoms with Gasteiger partial charge in [-0.15, -0.1) is 11.3 Å². The van der Waals surface area contributed by atoms with E-state index in [1.807, 2.05) is 6.92 Å². The van der Waals surface area contributed by atoms with E-state index in [0.717, 1.165) is 67.5 Å². The number of fused-ring (bicyclic) bond motifs is 1. The second kappa shape index (κ2) is 12.4. The number of nitrogens with one attached hydrogen (secondary N) is 2. The van der Waals surface area contributed by atoms with Crippen molar-refractivity contribution < 1.29 is 18.7 Å². The Morgan fingerprint density at radius 2 is 1.92 bits per heavy atom. The third-order valence-electron chi connectivity index (χ3n) is 7.51. The van der Waals surface area contributed by atoms with E-state index in [0.29, 0.717) is 28.7 Å². The smallest absolute Gasteiger partial charge is 0.261 e. The van der Waals surface area contributed by atoms with E-state index < -0.39 is 0 Å². The number of carbonyl (C=O) groups is 1. The Kier molecular flexibility index (Phi) is 8.71. The van der Waals surface area contributed by atoms with Gasteiger partial charge in [-0.05, 0) is 89.2 Å². The molecule has 204 valence electrons.